The van der Waals surface area contributed by atoms with Gasteiger partial charge in [-0.15, -0.1) is 0 Å². The summed E-state index contributed by atoms with van der Waals surface area (Å²) < 4.78 is 19.1. The molecule has 0 fully saturated rings. The minimum absolute atomic E-state index is 0.0586. The highest BCUT2D eigenvalue weighted by Crippen LogP contribution is 2.31. The fourth-order valence-electron chi connectivity index (χ4n) is 1.62. The molecular formula is C13H13N3O6S. The van der Waals surface area contributed by atoms with Gasteiger partial charge in [0, 0.05) is 0 Å². The minimum atomic E-state index is -0.573. The van der Waals surface area contributed by atoms with E-state index in [1.165, 1.54) is 19.2 Å². The van der Waals surface area contributed by atoms with Gasteiger partial charge in [0.05, 0.1) is 24.7 Å². The number of rotatable bonds is 7. The van der Waals surface area contributed by atoms with Crippen LogP contribution in [0.4, 0.5) is 5.69 Å². The van der Waals surface area contributed by atoms with Crippen molar-refractivity contribution in [2.45, 2.75) is 13.5 Å². The maximum Gasteiger partial charge on any atom is 0.369 e. The van der Waals surface area contributed by atoms with E-state index in [0.29, 0.717) is 5.75 Å². The molecule has 122 valence electrons. The van der Waals surface area contributed by atoms with E-state index < -0.39 is 10.9 Å². The van der Waals surface area contributed by atoms with Crippen molar-refractivity contribution < 1.29 is 23.9 Å². The van der Waals surface area contributed by atoms with Crippen LogP contribution >= 0.6 is 11.5 Å². The molecule has 0 aliphatic rings. The Labute approximate surface area is 135 Å². The standard InChI is InChI=1S/C13H13N3O6S/c1-3-21-13(17)12-14-11(15-23-12)7-22-10-5-4-8(20-2)6-9(10)16(18)19/h4-6H,3,7H2,1-2H3. The Morgan fingerprint density at radius 3 is 2.87 bits per heavy atom. The van der Waals surface area contributed by atoms with Gasteiger partial charge in [-0.2, -0.15) is 4.37 Å². The first-order valence-corrected chi connectivity index (χ1v) is 7.27. The molecule has 0 bridgehead atoms. The Morgan fingerprint density at radius 2 is 2.22 bits per heavy atom. The molecular weight excluding hydrogens is 326 g/mol. The van der Waals surface area contributed by atoms with Crippen LogP contribution in [0.25, 0.3) is 0 Å². The SMILES string of the molecule is CCOC(=O)c1nc(COc2ccc(OC)cc2[N+](=O)[O-])ns1. The Kier molecular flexibility index (Phi) is 5.41. The van der Waals surface area contributed by atoms with Gasteiger partial charge in [0.1, 0.15) is 12.4 Å². The van der Waals surface area contributed by atoms with Crippen LogP contribution in [0.3, 0.4) is 0 Å². The number of methoxy groups -OCH3 is 1. The van der Waals surface area contributed by atoms with Gasteiger partial charge >= 0.3 is 11.7 Å². The number of carbonyl (C=O) groups is 1. The zero-order chi connectivity index (χ0) is 16.8. The van der Waals surface area contributed by atoms with Gasteiger partial charge in [0.15, 0.2) is 11.6 Å². The summed E-state index contributed by atoms with van der Waals surface area (Å²) in [4.78, 5) is 25.9. The van der Waals surface area contributed by atoms with E-state index in [-0.39, 0.29) is 35.5 Å². The first-order chi connectivity index (χ1) is 11.0. The lowest BCUT2D eigenvalue weighted by Gasteiger charge is -2.06. The zero-order valence-electron chi connectivity index (χ0n) is 12.3. The normalized spacial score (nSPS) is 10.2. The smallest absolute Gasteiger partial charge is 0.369 e. The maximum absolute atomic E-state index is 11.5. The molecule has 1 aromatic heterocycles. The monoisotopic (exact) mass is 339 g/mol. The molecule has 23 heavy (non-hydrogen) atoms. The van der Waals surface area contributed by atoms with Crippen molar-refractivity contribution >= 4 is 23.2 Å². The van der Waals surface area contributed by atoms with Crippen molar-refractivity contribution in [1.82, 2.24) is 9.36 Å². The summed E-state index contributed by atoms with van der Waals surface area (Å²) in [5.74, 6) is 0.0820. The molecule has 9 nitrogen and oxygen atoms in total. The van der Waals surface area contributed by atoms with E-state index in [1.807, 2.05) is 0 Å². The van der Waals surface area contributed by atoms with E-state index in [4.69, 9.17) is 14.2 Å². The highest BCUT2D eigenvalue weighted by molar-refractivity contribution is 7.07. The largest absolute Gasteiger partial charge is 0.496 e. The molecule has 0 saturated heterocycles. The average Bonchev–Trinajstić information content (AvgIpc) is 3.02. The second-order valence-electron chi connectivity index (χ2n) is 4.12. The van der Waals surface area contributed by atoms with E-state index in [9.17, 15) is 14.9 Å². The summed E-state index contributed by atoms with van der Waals surface area (Å²) in [6, 6.07) is 4.23. The van der Waals surface area contributed by atoms with Gasteiger partial charge in [-0.25, -0.2) is 9.78 Å². The Bertz CT molecular complexity index is 717. The summed E-state index contributed by atoms with van der Waals surface area (Å²) in [5, 5.41) is 11.2. The molecule has 2 rings (SSSR count). The number of hydrogen-bond donors (Lipinski definition) is 0. The first-order valence-electron chi connectivity index (χ1n) is 6.50. The molecule has 0 N–H and O–H groups in total. The van der Waals surface area contributed by atoms with Gasteiger partial charge in [-0.1, -0.05) is 0 Å². The maximum atomic E-state index is 11.5. The summed E-state index contributed by atoms with van der Waals surface area (Å²) in [5.41, 5.74) is -0.231. The number of carbonyl (C=O) groups excluding carboxylic acids is 1. The predicted octanol–water partition coefficient (Wildman–Crippen LogP) is 2.21. The quantitative estimate of drug-likeness (QED) is 0.428. The van der Waals surface area contributed by atoms with E-state index in [0.717, 1.165) is 11.5 Å². The summed E-state index contributed by atoms with van der Waals surface area (Å²) in [6.07, 6.45) is 0. The number of ether oxygens (including phenoxy) is 3. The van der Waals surface area contributed by atoms with Crippen molar-refractivity contribution in [3.8, 4) is 11.5 Å². The van der Waals surface area contributed by atoms with E-state index in [1.54, 1.807) is 13.0 Å². The van der Waals surface area contributed by atoms with Crippen LogP contribution in [-0.2, 0) is 11.3 Å². The van der Waals surface area contributed by atoms with Gasteiger partial charge in [0.25, 0.3) is 0 Å². The van der Waals surface area contributed by atoms with E-state index >= 15 is 0 Å². The van der Waals surface area contributed by atoms with Gasteiger partial charge in [-0.05, 0) is 30.6 Å². The van der Waals surface area contributed by atoms with Gasteiger partial charge in [0.2, 0.25) is 5.01 Å². The number of nitro groups is 1. The summed E-state index contributed by atoms with van der Waals surface area (Å²) in [6.45, 7) is 1.82. The minimum Gasteiger partial charge on any atom is -0.496 e. The Balaban J connectivity index is 2.09. The lowest BCUT2D eigenvalue weighted by atomic mass is 10.3. The van der Waals surface area contributed by atoms with Gasteiger partial charge < -0.3 is 14.2 Å². The lowest BCUT2D eigenvalue weighted by molar-refractivity contribution is -0.386. The molecule has 10 heteroatoms. The van der Waals surface area contributed by atoms with Crippen LogP contribution in [0.15, 0.2) is 18.2 Å². The van der Waals surface area contributed by atoms with Crippen LogP contribution in [0.5, 0.6) is 11.5 Å². The fraction of sp³-hybridized carbons (Fsp3) is 0.308. The number of benzene rings is 1. The van der Waals surface area contributed by atoms with Crippen molar-refractivity contribution in [2.24, 2.45) is 0 Å². The highest BCUT2D eigenvalue weighted by atomic mass is 32.1. The number of nitrogens with zero attached hydrogens (tertiary/aromatic N) is 3. The van der Waals surface area contributed by atoms with Crippen molar-refractivity contribution in [2.75, 3.05) is 13.7 Å². The van der Waals surface area contributed by atoms with Crippen LogP contribution in [0.1, 0.15) is 22.6 Å². The molecule has 0 aliphatic heterocycles. The van der Waals surface area contributed by atoms with Crippen molar-refractivity contribution in [3.05, 3.63) is 39.1 Å². The van der Waals surface area contributed by atoms with Crippen molar-refractivity contribution in [3.63, 3.8) is 0 Å². The van der Waals surface area contributed by atoms with Crippen LogP contribution < -0.4 is 9.47 Å². The van der Waals surface area contributed by atoms with Crippen LogP contribution in [0.2, 0.25) is 0 Å². The molecule has 0 unspecified atom stereocenters. The number of aromatic nitrogens is 2. The molecule has 2 aromatic rings. The Hall–Kier alpha value is -2.75. The number of nitro benzene ring substituents is 1. The average molecular weight is 339 g/mol. The third-order valence-electron chi connectivity index (χ3n) is 2.64. The third kappa shape index (κ3) is 4.13. The lowest BCUT2D eigenvalue weighted by Crippen LogP contribution is -2.05. The fourth-order valence-corrected chi connectivity index (χ4v) is 2.18. The Morgan fingerprint density at radius 1 is 1.43 bits per heavy atom. The molecule has 0 atom stereocenters. The number of esters is 1. The van der Waals surface area contributed by atoms with Crippen molar-refractivity contribution in [1.29, 1.82) is 0 Å². The summed E-state index contributed by atoms with van der Waals surface area (Å²) >= 11 is 0.880. The molecule has 0 aliphatic carbocycles. The molecule has 0 amide bonds. The second kappa shape index (κ2) is 7.49. The highest BCUT2D eigenvalue weighted by Gasteiger charge is 2.18. The van der Waals surface area contributed by atoms with Gasteiger partial charge in [-0.3, -0.25) is 10.1 Å². The first kappa shape index (κ1) is 16.6. The number of hydrogen-bond acceptors (Lipinski definition) is 9. The molecule has 0 spiro atoms. The molecule has 0 radical (unpaired) electrons. The predicted molar refractivity (Wildman–Crippen MR) is 79.8 cm³/mol. The third-order valence-corrected chi connectivity index (χ3v) is 3.37. The summed E-state index contributed by atoms with van der Waals surface area (Å²) in [7, 11) is 1.41. The topological polar surface area (TPSA) is 114 Å². The second-order valence-corrected chi connectivity index (χ2v) is 4.87. The molecule has 0 saturated carbocycles. The van der Waals surface area contributed by atoms with Crippen LogP contribution in [-0.4, -0.2) is 34.0 Å². The zero-order valence-corrected chi connectivity index (χ0v) is 13.2. The molecule has 1 aromatic carbocycles. The van der Waals surface area contributed by atoms with Crippen LogP contribution in [0, 0.1) is 10.1 Å². The van der Waals surface area contributed by atoms with E-state index in [2.05, 4.69) is 9.36 Å². The molecule has 1 heterocycles.